The average Bonchev–Trinajstić information content (AvgIpc) is 3.14. The van der Waals surface area contributed by atoms with Crippen LogP contribution in [0.15, 0.2) is 59.1 Å². The molecule has 1 aromatic heterocycles. The Labute approximate surface area is 204 Å². The Bertz CT molecular complexity index is 1120. The summed E-state index contributed by atoms with van der Waals surface area (Å²) in [6.07, 6.45) is 5.72. The Kier molecular flexibility index (Phi) is 7.63. The predicted octanol–water partition coefficient (Wildman–Crippen LogP) is 5.26. The lowest BCUT2D eigenvalue weighted by atomic mass is 9.88. The number of nitrogens with one attached hydrogen (secondary N) is 2. The van der Waals surface area contributed by atoms with E-state index in [9.17, 15) is 9.59 Å². The highest BCUT2D eigenvalue weighted by atomic mass is 35.5. The number of hydrogen-bond donors (Lipinski definition) is 2. The van der Waals surface area contributed by atoms with Crippen molar-refractivity contribution in [1.82, 2.24) is 20.8 Å². The van der Waals surface area contributed by atoms with E-state index in [4.69, 9.17) is 16.1 Å². The normalized spacial score (nSPS) is 16.3. The van der Waals surface area contributed by atoms with Crippen LogP contribution in [0.2, 0.25) is 5.02 Å². The number of hydrogen-bond acceptors (Lipinski definition) is 5. The zero-order valence-corrected chi connectivity index (χ0v) is 20.0. The molecule has 1 saturated carbocycles. The lowest BCUT2D eigenvalue weighted by molar-refractivity contribution is -0.124. The van der Waals surface area contributed by atoms with Crippen molar-refractivity contribution in [1.29, 1.82) is 0 Å². The molecule has 4 rings (SSSR count). The topological polar surface area (TPSA) is 97.1 Å². The molecule has 1 fully saturated rings. The van der Waals surface area contributed by atoms with Gasteiger partial charge in [0.1, 0.15) is 5.54 Å². The van der Waals surface area contributed by atoms with Gasteiger partial charge in [-0.3, -0.25) is 9.59 Å². The molecule has 1 unspecified atom stereocenters. The van der Waals surface area contributed by atoms with Gasteiger partial charge in [-0.2, -0.15) is 4.98 Å². The summed E-state index contributed by atoms with van der Waals surface area (Å²) < 4.78 is 5.25. The third-order valence-electron chi connectivity index (χ3n) is 6.31. The second kappa shape index (κ2) is 10.8. The van der Waals surface area contributed by atoms with E-state index in [2.05, 4.69) is 20.8 Å². The van der Waals surface area contributed by atoms with E-state index in [0.29, 0.717) is 22.3 Å². The van der Waals surface area contributed by atoms with Gasteiger partial charge in [-0.25, -0.2) is 0 Å². The molecule has 0 spiro atoms. The maximum atomic E-state index is 13.4. The van der Waals surface area contributed by atoms with Gasteiger partial charge >= 0.3 is 0 Å². The minimum absolute atomic E-state index is 0.0682. The summed E-state index contributed by atoms with van der Waals surface area (Å²) in [5.41, 5.74) is 0.538. The zero-order chi connectivity index (χ0) is 24.0. The molecular formula is C26H29ClN4O3. The van der Waals surface area contributed by atoms with Gasteiger partial charge in [-0.05, 0) is 30.5 Å². The van der Waals surface area contributed by atoms with E-state index in [1.165, 1.54) is 0 Å². The first kappa shape index (κ1) is 24.0. The average molecular weight is 481 g/mol. The molecule has 2 aromatic carbocycles. The molecular weight excluding hydrogens is 452 g/mol. The van der Waals surface area contributed by atoms with Crippen LogP contribution in [-0.2, 0) is 10.3 Å². The van der Waals surface area contributed by atoms with Crippen LogP contribution in [0.4, 0.5) is 0 Å². The molecule has 1 aliphatic rings. The second-order valence-electron chi connectivity index (χ2n) is 8.80. The number of aryl methyl sites for hydroxylation is 1. The summed E-state index contributed by atoms with van der Waals surface area (Å²) in [6, 6.07) is 15.8. The fourth-order valence-electron chi connectivity index (χ4n) is 4.55. The van der Waals surface area contributed by atoms with Crippen molar-refractivity contribution >= 4 is 23.4 Å². The standard InChI is InChI=1S/C26H29ClN4O3/c1-18-28-25(31-34-18)26(15-9-2-3-10-16-26)30-23(32)17-22(19-11-5-4-6-12-19)29-24(33)20-13-7-8-14-21(20)27/h4-8,11-14,22H,2-3,9-10,15-17H2,1H3,(H,29,33)(H,30,32). The number of carbonyl (C=O) groups excluding carboxylic acids is 2. The van der Waals surface area contributed by atoms with Crippen LogP contribution in [0.1, 0.15) is 78.6 Å². The zero-order valence-electron chi connectivity index (χ0n) is 19.2. The molecule has 1 aliphatic carbocycles. The van der Waals surface area contributed by atoms with Crippen molar-refractivity contribution < 1.29 is 14.1 Å². The van der Waals surface area contributed by atoms with E-state index in [1.54, 1.807) is 31.2 Å². The van der Waals surface area contributed by atoms with Gasteiger partial charge in [0, 0.05) is 6.92 Å². The van der Waals surface area contributed by atoms with Crippen LogP contribution in [0.5, 0.6) is 0 Å². The van der Waals surface area contributed by atoms with Crippen molar-refractivity contribution in [2.75, 3.05) is 0 Å². The molecule has 34 heavy (non-hydrogen) atoms. The van der Waals surface area contributed by atoms with Crippen molar-refractivity contribution in [2.45, 2.75) is 63.5 Å². The Morgan fingerprint density at radius 1 is 1.03 bits per heavy atom. The molecule has 2 amide bonds. The fraction of sp³-hybridized carbons (Fsp3) is 0.385. The Morgan fingerprint density at radius 2 is 1.71 bits per heavy atom. The van der Waals surface area contributed by atoms with Crippen molar-refractivity contribution in [3.63, 3.8) is 0 Å². The minimum atomic E-state index is -0.667. The SMILES string of the molecule is Cc1nc(C2(NC(=O)CC(NC(=O)c3ccccc3Cl)c3ccccc3)CCCCCC2)no1. The number of benzene rings is 2. The van der Waals surface area contributed by atoms with Crippen LogP contribution in [0.25, 0.3) is 0 Å². The quantitative estimate of drug-likeness (QED) is 0.449. The van der Waals surface area contributed by atoms with Gasteiger partial charge in [0.2, 0.25) is 11.8 Å². The number of halogens is 1. The summed E-state index contributed by atoms with van der Waals surface area (Å²) in [5.74, 6) is 0.488. The minimum Gasteiger partial charge on any atom is -0.345 e. The van der Waals surface area contributed by atoms with Crippen molar-refractivity contribution in [3.05, 3.63) is 82.5 Å². The number of aromatic nitrogens is 2. The van der Waals surface area contributed by atoms with E-state index in [-0.39, 0.29) is 18.2 Å². The van der Waals surface area contributed by atoms with Gasteiger partial charge in [0.15, 0.2) is 5.82 Å². The van der Waals surface area contributed by atoms with Crippen LogP contribution >= 0.6 is 11.6 Å². The first-order valence-electron chi connectivity index (χ1n) is 11.7. The third-order valence-corrected chi connectivity index (χ3v) is 6.64. The van der Waals surface area contributed by atoms with Crippen molar-refractivity contribution in [2.24, 2.45) is 0 Å². The van der Waals surface area contributed by atoms with E-state index < -0.39 is 11.6 Å². The molecule has 0 radical (unpaired) electrons. The highest BCUT2D eigenvalue weighted by Crippen LogP contribution is 2.35. The third kappa shape index (κ3) is 5.65. The molecule has 178 valence electrons. The molecule has 3 aromatic rings. The monoisotopic (exact) mass is 480 g/mol. The highest BCUT2D eigenvalue weighted by molar-refractivity contribution is 6.33. The summed E-state index contributed by atoms with van der Waals surface area (Å²) >= 11 is 6.22. The molecule has 0 aliphatic heterocycles. The molecule has 0 bridgehead atoms. The van der Waals surface area contributed by atoms with E-state index in [1.807, 2.05) is 30.3 Å². The Balaban J connectivity index is 1.56. The lowest BCUT2D eigenvalue weighted by Crippen LogP contribution is -2.47. The summed E-state index contributed by atoms with van der Waals surface area (Å²) in [5, 5.41) is 10.7. The first-order valence-corrected chi connectivity index (χ1v) is 12.1. The number of carbonyl (C=O) groups is 2. The van der Waals surface area contributed by atoms with Crippen LogP contribution < -0.4 is 10.6 Å². The number of nitrogens with zero attached hydrogens (tertiary/aromatic N) is 2. The van der Waals surface area contributed by atoms with Crippen LogP contribution in [0.3, 0.4) is 0 Å². The van der Waals surface area contributed by atoms with Crippen molar-refractivity contribution in [3.8, 4) is 0 Å². The number of rotatable bonds is 7. The maximum Gasteiger partial charge on any atom is 0.253 e. The second-order valence-corrected chi connectivity index (χ2v) is 9.21. The van der Waals surface area contributed by atoms with Crippen LogP contribution in [-0.4, -0.2) is 22.0 Å². The van der Waals surface area contributed by atoms with Crippen LogP contribution in [0, 0.1) is 6.92 Å². The molecule has 1 atom stereocenters. The maximum absolute atomic E-state index is 13.4. The van der Waals surface area contributed by atoms with Gasteiger partial charge < -0.3 is 15.2 Å². The molecule has 7 nitrogen and oxygen atoms in total. The van der Waals surface area contributed by atoms with Gasteiger partial charge in [-0.15, -0.1) is 0 Å². The van der Waals surface area contributed by atoms with Gasteiger partial charge in [0.25, 0.3) is 5.91 Å². The smallest absolute Gasteiger partial charge is 0.253 e. The molecule has 8 heteroatoms. The van der Waals surface area contributed by atoms with E-state index >= 15 is 0 Å². The summed E-state index contributed by atoms with van der Waals surface area (Å²) in [6.45, 7) is 1.75. The Morgan fingerprint density at radius 3 is 2.35 bits per heavy atom. The summed E-state index contributed by atoms with van der Waals surface area (Å²) in [7, 11) is 0. The highest BCUT2D eigenvalue weighted by Gasteiger charge is 2.39. The Hall–Kier alpha value is -3.19. The van der Waals surface area contributed by atoms with E-state index in [0.717, 1.165) is 44.1 Å². The molecule has 1 heterocycles. The molecule has 2 N–H and O–H groups in total. The lowest BCUT2D eigenvalue weighted by Gasteiger charge is -2.31. The first-order chi connectivity index (χ1) is 16.5. The summed E-state index contributed by atoms with van der Waals surface area (Å²) in [4.78, 5) is 30.9. The van der Waals surface area contributed by atoms with Gasteiger partial charge in [-0.1, -0.05) is 84.9 Å². The largest absolute Gasteiger partial charge is 0.345 e. The molecule has 0 saturated heterocycles. The predicted molar refractivity (Wildman–Crippen MR) is 129 cm³/mol. The number of amides is 2. The van der Waals surface area contributed by atoms with Gasteiger partial charge in [0.05, 0.1) is 23.0 Å². The fourth-order valence-corrected chi connectivity index (χ4v) is 4.77.